The van der Waals surface area contributed by atoms with Gasteiger partial charge in [0.2, 0.25) is 0 Å². The molecule has 4 nitrogen and oxygen atoms in total. The molecule has 18 heavy (non-hydrogen) atoms. The molecular formula is C14H21N3O. The third-order valence-electron chi connectivity index (χ3n) is 3.31. The molecule has 1 amide bonds. The van der Waals surface area contributed by atoms with Crippen molar-refractivity contribution >= 4 is 5.91 Å². The van der Waals surface area contributed by atoms with Crippen molar-refractivity contribution in [3.8, 4) is 0 Å². The molecule has 1 heterocycles. The molecule has 0 unspecified atom stereocenters. The fourth-order valence-corrected chi connectivity index (χ4v) is 2.17. The molecule has 1 saturated carbocycles. The van der Waals surface area contributed by atoms with E-state index in [9.17, 15) is 4.79 Å². The van der Waals surface area contributed by atoms with Crippen LogP contribution in [0.15, 0.2) is 12.1 Å². The Morgan fingerprint density at radius 1 is 1.44 bits per heavy atom. The van der Waals surface area contributed by atoms with Gasteiger partial charge in [0.25, 0.3) is 5.91 Å². The van der Waals surface area contributed by atoms with Crippen molar-refractivity contribution in [2.24, 2.45) is 5.73 Å². The summed E-state index contributed by atoms with van der Waals surface area (Å²) in [7, 11) is 0. The lowest BCUT2D eigenvalue weighted by atomic mass is 10.1. The van der Waals surface area contributed by atoms with Crippen molar-refractivity contribution in [3.05, 3.63) is 29.1 Å². The van der Waals surface area contributed by atoms with E-state index in [0.717, 1.165) is 42.8 Å². The zero-order valence-electron chi connectivity index (χ0n) is 11.1. The lowest BCUT2D eigenvalue weighted by molar-refractivity contribution is 0.0741. The Morgan fingerprint density at radius 3 is 2.72 bits per heavy atom. The summed E-state index contributed by atoms with van der Waals surface area (Å²) in [6.07, 6.45) is 3.10. The van der Waals surface area contributed by atoms with Crippen molar-refractivity contribution in [2.75, 3.05) is 13.1 Å². The molecule has 0 aliphatic heterocycles. The van der Waals surface area contributed by atoms with Gasteiger partial charge in [-0.25, -0.2) is 0 Å². The van der Waals surface area contributed by atoms with E-state index in [2.05, 4.69) is 4.98 Å². The van der Waals surface area contributed by atoms with Gasteiger partial charge in [0.1, 0.15) is 0 Å². The van der Waals surface area contributed by atoms with Crippen LogP contribution < -0.4 is 5.73 Å². The molecule has 4 heteroatoms. The SMILES string of the molecule is Cc1ccc(C(=O)N(CCCN)C2CC2)c(C)n1. The summed E-state index contributed by atoms with van der Waals surface area (Å²) >= 11 is 0. The Balaban J connectivity index is 2.16. The maximum Gasteiger partial charge on any atom is 0.255 e. The maximum atomic E-state index is 12.5. The van der Waals surface area contributed by atoms with Crippen LogP contribution in [-0.2, 0) is 0 Å². The topological polar surface area (TPSA) is 59.2 Å². The van der Waals surface area contributed by atoms with E-state index in [1.54, 1.807) is 0 Å². The first-order valence-corrected chi connectivity index (χ1v) is 6.58. The third-order valence-corrected chi connectivity index (χ3v) is 3.31. The smallest absolute Gasteiger partial charge is 0.255 e. The van der Waals surface area contributed by atoms with Crippen LogP contribution in [0.3, 0.4) is 0 Å². The number of aryl methyl sites for hydroxylation is 2. The molecule has 0 atom stereocenters. The molecule has 0 bridgehead atoms. The van der Waals surface area contributed by atoms with Gasteiger partial charge in [0.05, 0.1) is 11.3 Å². The molecule has 2 rings (SSSR count). The maximum absolute atomic E-state index is 12.5. The number of hydrogen-bond acceptors (Lipinski definition) is 3. The second-order valence-electron chi connectivity index (χ2n) is 4.96. The van der Waals surface area contributed by atoms with Gasteiger partial charge in [-0.2, -0.15) is 0 Å². The van der Waals surface area contributed by atoms with E-state index in [-0.39, 0.29) is 5.91 Å². The van der Waals surface area contributed by atoms with Gasteiger partial charge >= 0.3 is 0 Å². The van der Waals surface area contributed by atoms with E-state index >= 15 is 0 Å². The summed E-state index contributed by atoms with van der Waals surface area (Å²) in [5.41, 5.74) is 8.03. The normalized spacial score (nSPS) is 14.6. The largest absolute Gasteiger partial charge is 0.336 e. The Kier molecular flexibility index (Phi) is 3.97. The average molecular weight is 247 g/mol. The lowest BCUT2D eigenvalue weighted by Crippen LogP contribution is -2.35. The highest BCUT2D eigenvalue weighted by Crippen LogP contribution is 2.28. The van der Waals surface area contributed by atoms with Crippen LogP contribution in [0.5, 0.6) is 0 Å². The number of hydrogen-bond donors (Lipinski definition) is 1. The summed E-state index contributed by atoms with van der Waals surface area (Å²) in [6, 6.07) is 4.20. The Morgan fingerprint density at radius 2 is 2.17 bits per heavy atom. The van der Waals surface area contributed by atoms with Crippen LogP contribution in [0.2, 0.25) is 0 Å². The van der Waals surface area contributed by atoms with E-state index in [1.165, 1.54) is 0 Å². The Hall–Kier alpha value is -1.42. The minimum absolute atomic E-state index is 0.107. The van der Waals surface area contributed by atoms with Gasteiger partial charge in [0, 0.05) is 18.3 Å². The molecule has 1 fully saturated rings. The molecule has 0 spiro atoms. The molecule has 1 aliphatic rings. The Bertz CT molecular complexity index is 441. The first-order valence-electron chi connectivity index (χ1n) is 6.58. The fourth-order valence-electron chi connectivity index (χ4n) is 2.17. The molecule has 2 N–H and O–H groups in total. The molecular weight excluding hydrogens is 226 g/mol. The zero-order chi connectivity index (χ0) is 13.1. The van der Waals surface area contributed by atoms with Gasteiger partial charge in [0.15, 0.2) is 0 Å². The van der Waals surface area contributed by atoms with Crippen LogP contribution in [-0.4, -0.2) is 34.9 Å². The number of nitrogens with zero attached hydrogens (tertiary/aromatic N) is 2. The van der Waals surface area contributed by atoms with Gasteiger partial charge in [-0.05, 0) is 51.8 Å². The van der Waals surface area contributed by atoms with Crippen molar-refractivity contribution in [1.29, 1.82) is 0 Å². The molecule has 1 aromatic heterocycles. The third kappa shape index (κ3) is 2.88. The predicted octanol–water partition coefficient (Wildman–Crippen LogP) is 1.65. The summed E-state index contributed by atoms with van der Waals surface area (Å²) in [4.78, 5) is 18.8. The molecule has 1 aliphatic carbocycles. The quantitative estimate of drug-likeness (QED) is 0.860. The molecule has 0 saturated heterocycles. The summed E-state index contributed by atoms with van der Waals surface area (Å²) < 4.78 is 0. The van der Waals surface area contributed by atoms with Crippen LogP contribution in [0.25, 0.3) is 0 Å². The number of rotatable bonds is 5. The van der Waals surface area contributed by atoms with Crippen molar-refractivity contribution in [3.63, 3.8) is 0 Å². The average Bonchev–Trinajstić information content (AvgIpc) is 3.13. The second kappa shape index (κ2) is 5.48. The Labute approximate surface area is 108 Å². The van der Waals surface area contributed by atoms with E-state index in [1.807, 2.05) is 30.9 Å². The van der Waals surface area contributed by atoms with Gasteiger partial charge in [-0.1, -0.05) is 0 Å². The zero-order valence-corrected chi connectivity index (χ0v) is 11.1. The van der Waals surface area contributed by atoms with Gasteiger partial charge in [-0.15, -0.1) is 0 Å². The number of carbonyl (C=O) groups excluding carboxylic acids is 1. The van der Waals surface area contributed by atoms with E-state index in [0.29, 0.717) is 12.6 Å². The van der Waals surface area contributed by atoms with Crippen LogP contribution >= 0.6 is 0 Å². The number of amides is 1. The molecule has 98 valence electrons. The highest BCUT2D eigenvalue weighted by Gasteiger charge is 2.33. The fraction of sp³-hybridized carbons (Fsp3) is 0.571. The van der Waals surface area contributed by atoms with Gasteiger partial charge < -0.3 is 10.6 Å². The van der Waals surface area contributed by atoms with E-state index < -0.39 is 0 Å². The number of carbonyl (C=O) groups is 1. The summed E-state index contributed by atoms with van der Waals surface area (Å²) in [5, 5.41) is 0. The van der Waals surface area contributed by atoms with Crippen LogP contribution in [0.4, 0.5) is 0 Å². The first kappa shape index (κ1) is 13.0. The predicted molar refractivity (Wildman–Crippen MR) is 71.4 cm³/mol. The van der Waals surface area contributed by atoms with Crippen molar-refractivity contribution in [1.82, 2.24) is 9.88 Å². The molecule has 0 radical (unpaired) electrons. The van der Waals surface area contributed by atoms with Crippen LogP contribution in [0.1, 0.15) is 41.0 Å². The second-order valence-corrected chi connectivity index (χ2v) is 4.96. The van der Waals surface area contributed by atoms with Crippen molar-refractivity contribution in [2.45, 2.75) is 39.2 Å². The lowest BCUT2D eigenvalue weighted by Gasteiger charge is -2.23. The minimum atomic E-state index is 0.107. The number of aromatic nitrogens is 1. The minimum Gasteiger partial charge on any atom is -0.336 e. The number of pyridine rings is 1. The standard InChI is InChI=1S/C14H21N3O/c1-10-4-7-13(11(2)16-10)14(18)17(9-3-8-15)12-5-6-12/h4,7,12H,3,5-6,8-9,15H2,1-2H3. The first-order chi connectivity index (χ1) is 8.63. The van der Waals surface area contributed by atoms with E-state index in [4.69, 9.17) is 5.73 Å². The molecule has 1 aromatic rings. The van der Waals surface area contributed by atoms with Crippen LogP contribution in [0, 0.1) is 13.8 Å². The number of nitrogens with two attached hydrogens (primary N) is 1. The highest BCUT2D eigenvalue weighted by molar-refractivity contribution is 5.95. The summed E-state index contributed by atoms with van der Waals surface area (Å²) in [5.74, 6) is 0.107. The highest BCUT2D eigenvalue weighted by atomic mass is 16.2. The monoisotopic (exact) mass is 247 g/mol. The molecule has 0 aromatic carbocycles. The van der Waals surface area contributed by atoms with Gasteiger partial charge in [-0.3, -0.25) is 9.78 Å². The van der Waals surface area contributed by atoms with Crippen molar-refractivity contribution < 1.29 is 4.79 Å². The summed E-state index contributed by atoms with van der Waals surface area (Å²) in [6.45, 7) is 5.22.